The predicted octanol–water partition coefficient (Wildman–Crippen LogP) is 1.13. The maximum Gasteiger partial charge on any atom is 0.198 e. The van der Waals surface area contributed by atoms with Crippen molar-refractivity contribution in [2.45, 2.75) is 0 Å². The third-order valence-electron chi connectivity index (χ3n) is 1.92. The first kappa shape index (κ1) is 9.08. The van der Waals surface area contributed by atoms with E-state index in [1.165, 1.54) is 0 Å². The van der Waals surface area contributed by atoms with Crippen molar-refractivity contribution in [2.24, 2.45) is 0 Å². The summed E-state index contributed by atoms with van der Waals surface area (Å²) in [7, 11) is 3.78. The van der Waals surface area contributed by atoms with Crippen LogP contribution in [0.5, 0.6) is 0 Å². The summed E-state index contributed by atoms with van der Waals surface area (Å²) in [5.41, 5.74) is 1.79. The molecule has 0 radical (unpaired) electrons. The molecule has 0 bridgehead atoms. The molecule has 4 nitrogen and oxygen atoms in total. The van der Waals surface area contributed by atoms with Crippen LogP contribution in [-0.2, 0) is 0 Å². The summed E-state index contributed by atoms with van der Waals surface area (Å²) in [5, 5.41) is 8.66. The Balaban J connectivity index is 2.58. The number of fused-ring (bicyclic) bond motifs is 1. The summed E-state index contributed by atoms with van der Waals surface area (Å²) >= 11 is 5.21. The molecular weight excluding hydrogens is 196 g/mol. The van der Waals surface area contributed by atoms with E-state index in [0.717, 1.165) is 11.0 Å². The molecule has 0 aliphatic rings. The second-order valence-corrected chi connectivity index (χ2v) is 3.53. The molecule has 2 aromatic rings. The van der Waals surface area contributed by atoms with Crippen molar-refractivity contribution in [3.63, 3.8) is 0 Å². The van der Waals surface area contributed by atoms with Crippen molar-refractivity contribution in [3.05, 3.63) is 24.3 Å². The lowest BCUT2D eigenvalue weighted by molar-refractivity contribution is 0.597. The standard InChI is InChI=1S/C9H10N4S/c1-12(2)9(14)13-8-6-4-3-5-7(8)10-11-13/h3-6H,1-2H3. The van der Waals surface area contributed by atoms with Crippen LogP contribution in [0.25, 0.3) is 11.0 Å². The Kier molecular flexibility index (Phi) is 2.17. The van der Waals surface area contributed by atoms with Crippen LogP contribution in [0.4, 0.5) is 0 Å². The Labute approximate surface area is 87.1 Å². The van der Waals surface area contributed by atoms with Gasteiger partial charge in [-0.1, -0.05) is 17.3 Å². The van der Waals surface area contributed by atoms with E-state index in [0.29, 0.717) is 5.11 Å². The van der Waals surface area contributed by atoms with Crippen LogP contribution in [0.2, 0.25) is 0 Å². The van der Waals surface area contributed by atoms with Gasteiger partial charge < -0.3 is 4.90 Å². The number of para-hydroxylation sites is 1. The number of hydrogen-bond acceptors (Lipinski definition) is 3. The van der Waals surface area contributed by atoms with Crippen LogP contribution in [0, 0.1) is 0 Å². The van der Waals surface area contributed by atoms with E-state index in [9.17, 15) is 0 Å². The molecule has 1 heterocycles. The Bertz CT molecular complexity index is 474. The lowest BCUT2D eigenvalue weighted by atomic mass is 10.3. The van der Waals surface area contributed by atoms with E-state index < -0.39 is 0 Å². The van der Waals surface area contributed by atoms with Gasteiger partial charge in [0.2, 0.25) is 0 Å². The normalized spacial score (nSPS) is 10.4. The number of aromatic nitrogens is 3. The molecule has 0 atom stereocenters. The molecule has 5 heteroatoms. The predicted molar refractivity (Wildman–Crippen MR) is 59.2 cm³/mol. The number of nitrogens with zero attached hydrogens (tertiary/aromatic N) is 4. The fourth-order valence-corrected chi connectivity index (χ4v) is 1.33. The first-order valence-corrected chi connectivity index (χ1v) is 4.63. The Morgan fingerprint density at radius 2 is 2.07 bits per heavy atom. The number of rotatable bonds is 0. The fourth-order valence-electron chi connectivity index (χ4n) is 1.20. The minimum Gasteiger partial charge on any atom is -0.353 e. The molecular formula is C9H10N4S. The van der Waals surface area contributed by atoms with Crippen LogP contribution < -0.4 is 0 Å². The second-order valence-electron chi connectivity index (χ2n) is 3.17. The first-order valence-electron chi connectivity index (χ1n) is 4.22. The number of thiocarbonyl (C=S) groups is 1. The quantitative estimate of drug-likeness (QED) is 0.605. The van der Waals surface area contributed by atoms with E-state index in [-0.39, 0.29) is 0 Å². The molecule has 1 aromatic carbocycles. The molecule has 0 amide bonds. The van der Waals surface area contributed by atoms with Gasteiger partial charge in [0.25, 0.3) is 0 Å². The van der Waals surface area contributed by atoms with E-state index in [1.54, 1.807) is 4.68 Å². The third-order valence-corrected chi connectivity index (χ3v) is 2.45. The fraction of sp³-hybridized carbons (Fsp3) is 0.222. The van der Waals surface area contributed by atoms with Crippen molar-refractivity contribution in [1.29, 1.82) is 0 Å². The molecule has 0 unspecified atom stereocenters. The average Bonchev–Trinajstić information content (AvgIpc) is 2.60. The third kappa shape index (κ3) is 1.35. The van der Waals surface area contributed by atoms with Gasteiger partial charge in [0, 0.05) is 14.1 Å². The van der Waals surface area contributed by atoms with Gasteiger partial charge in [-0.15, -0.1) is 5.10 Å². The molecule has 0 aliphatic heterocycles. The summed E-state index contributed by atoms with van der Waals surface area (Å²) in [4.78, 5) is 1.83. The number of benzene rings is 1. The zero-order chi connectivity index (χ0) is 10.1. The monoisotopic (exact) mass is 206 g/mol. The lowest BCUT2D eigenvalue weighted by Crippen LogP contribution is -2.27. The largest absolute Gasteiger partial charge is 0.353 e. The molecule has 0 saturated carbocycles. The number of hydrogen-bond donors (Lipinski definition) is 0. The first-order chi connectivity index (χ1) is 6.70. The van der Waals surface area contributed by atoms with Crippen molar-refractivity contribution in [2.75, 3.05) is 14.1 Å². The summed E-state index contributed by atoms with van der Waals surface area (Å²) in [6, 6.07) is 7.74. The van der Waals surface area contributed by atoms with E-state index in [4.69, 9.17) is 12.2 Å². The van der Waals surface area contributed by atoms with Gasteiger partial charge in [-0.05, 0) is 24.4 Å². The van der Waals surface area contributed by atoms with Crippen molar-refractivity contribution in [3.8, 4) is 0 Å². The van der Waals surface area contributed by atoms with Crippen LogP contribution in [0.1, 0.15) is 0 Å². The highest BCUT2D eigenvalue weighted by Crippen LogP contribution is 2.09. The molecule has 0 spiro atoms. The van der Waals surface area contributed by atoms with Crippen molar-refractivity contribution < 1.29 is 0 Å². The van der Waals surface area contributed by atoms with Crippen LogP contribution in [-0.4, -0.2) is 39.1 Å². The molecule has 0 fully saturated rings. The average molecular weight is 206 g/mol. The van der Waals surface area contributed by atoms with Gasteiger partial charge in [-0.25, -0.2) is 0 Å². The second kappa shape index (κ2) is 3.34. The molecule has 1 aromatic heterocycles. The Hall–Kier alpha value is -1.49. The van der Waals surface area contributed by atoms with Crippen LogP contribution >= 0.6 is 12.2 Å². The van der Waals surface area contributed by atoms with Gasteiger partial charge in [0.05, 0.1) is 5.52 Å². The van der Waals surface area contributed by atoms with Gasteiger partial charge in [-0.3, -0.25) is 0 Å². The van der Waals surface area contributed by atoms with Gasteiger partial charge in [0.1, 0.15) is 5.52 Å². The van der Waals surface area contributed by atoms with Gasteiger partial charge >= 0.3 is 0 Å². The van der Waals surface area contributed by atoms with Crippen LogP contribution in [0.3, 0.4) is 0 Å². The van der Waals surface area contributed by atoms with Crippen molar-refractivity contribution >= 4 is 28.4 Å². The van der Waals surface area contributed by atoms with E-state index in [1.807, 2.05) is 43.3 Å². The minimum absolute atomic E-state index is 0.638. The van der Waals surface area contributed by atoms with Crippen molar-refractivity contribution in [1.82, 2.24) is 19.9 Å². The molecule has 2 rings (SSSR count). The highest BCUT2D eigenvalue weighted by Gasteiger charge is 2.08. The molecule has 0 aliphatic carbocycles. The highest BCUT2D eigenvalue weighted by molar-refractivity contribution is 7.80. The summed E-state index contributed by atoms with van der Waals surface area (Å²) < 4.78 is 1.66. The topological polar surface area (TPSA) is 34.0 Å². The molecule has 0 N–H and O–H groups in total. The summed E-state index contributed by atoms with van der Waals surface area (Å²) in [5.74, 6) is 0. The minimum atomic E-state index is 0.638. The molecule has 0 saturated heterocycles. The Morgan fingerprint density at radius 1 is 1.36 bits per heavy atom. The van der Waals surface area contributed by atoms with E-state index in [2.05, 4.69) is 10.3 Å². The summed E-state index contributed by atoms with van der Waals surface area (Å²) in [6.07, 6.45) is 0. The van der Waals surface area contributed by atoms with Gasteiger partial charge in [-0.2, -0.15) is 4.68 Å². The zero-order valence-corrected chi connectivity index (χ0v) is 8.82. The molecule has 14 heavy (non-hydrogen) atoms. The molecule has 72 valence electrons. The highest BCUT2D eigenvalue weighted by atomic mass is 32.1. The van der Waals surface area contributed by atoms with Crippen LogP contribution in [0.15, 0.2) is 24.3 Å². The SMILES string of the molecule is CN(C)C(=S)n1nnc2ccccc21. The smallest absolute Gasteiger partial charge is 0.198 e. The van der Waals surface area contributed by atoms with E-state index >= 15 is 0 Å². The maximum absolute atomic E-state index is 5.21. The zero-order valence-electron chi connectivity index (χ0n) is 8.01. The Morgan fingerprint density at radius 3 is 2.79 bits per heavy atom. The maximum atomic E-state index is 5.21. The van der Waals surface area contributed by atoms with Gasteiger partial charge in [0.15, 0.2) is 5.11 Å². The summed E-state index contributed by atoms with van der Waals surface area (Å²) in [6.45, 7) is 0. The lowest BCUT2D eigenvalue weighted by Gasteiger charge is -2.12.